The van der Waals surface area contributed by atoms with Gasteiger partial charge in [-0.3, -0.25) is 0 Å². The Labute approximate surface area is 76.4 Å². The zero-order valence-electron chi connectivity index (χ0n) is 7.24. The molecule has 0 spiro atoms. The van der Waals surface area contributed by atoms with Gasteiger partial charge in [-0.15, -0.1) is 0 Å². The Morgan fingerprint density at radius 3 is 3.08 bits per heavy atom. The number of anilines is 2. The first kappa shape index (κ1) is 7.86. The summed E-state index contributed by atoms with van der Waals surface area (Å²) in [5, 5.41) is 3.02. The van der Waals surface area contributed by atoms with Crippen LogP contribution in [0.15, 0.2) is 34.9 Å². The highest BCUT2D eigenvalue weighted by molar-refractivity contribution is 5.51. The normalized spacial score (nSPS) is 9.92. The van der Waals surface area contributed by atoms with Crippen LogP contribution in [0.4, 0.5) is 11.7 Å². The fraction of sp³-hybridized carbons (Fsp3) is 0.100. The van der Waals surface area contributed by atoms with Gasteiger partial charge in [0.25, 0.3) is 6.01 Å². The Morgan fingerprint density at radius 1 is 1.54 bits per heavy atom. The van der Waals surface area contributed by atoms with Crippen molar-refractivity contribution >= 4 is 11.7 Å². The Hall–Kier alpha value is -1.77. The van der Waals surface area contributed by atoms with Crippen molar-refractivity contribution in [1.82, 2.24) is 4.98 Å². The molecule has 1 aromatic carbocycles. The summed E-state index contributed by atoms with van der Waals surface area (Å²) in [4.78, 5) is 4.11. The number of nitrogens with one attached hydrogen (secondary N) is 1. The van der Waals surface area contributed by atoms with Crippen molar-refractivity contribution in [1.29, 1.82) is 0 Å². The summed E-state index contributed by atoms with van der Waals surface area (Å²) in [5.41, 5.74) is 1.78. The number of hydrogen-bond donors (Lipinski definition) is 1. The van der Waals surface area contributed by atoms with E-state index in [0.717, 1.165) is 11.4 Å². The van der Waals surface area contributed by atoms with Crippen molar-refractivity contribution in [3.05, 3.63) is 42.3 Å². The van der Waals surface area contributed by atoms with Gasteiger partial charge in [0.1, 0.15) is 6.26 Å². The highest BCUT2D eigenvalue weighted by Crippen LogP contribution is 2.14. The van der Waals surface area contributed by atoms with Crippen LogP contribution in [0.5, 0.6) is 0 Å². The molecule has 0 aliphatic heterocycles. The van der Waals surface area contributed by atoms with Gasteiger partial charge in [0, 0.05) is 5.69 Å². The Bertz CT molecular complexity index is 381. The first-order valence-electron chi connectivity index (χ1n) is 4.00. The first-order valence-corrected chi connectivity index (χ1v) is 4.00. The zero-order valence-corrected chi connectivity index (χ0v) is 7.24. The molecule has 65 valence electrons. The molecule has 1 heterocycles. The smallest absolute Gasteiger partial charge is 0.299 e. The van der Waals surface area contributed by atoms with Crippen LogP contribution >= 0.6 is 0 Å². The molecule has 1 aromatic heterocycles. The molecular formula is C10H9N2O. The van der Waals surface area contributed by atoms with Crippen LogP contribution in [0.25, 0.3) is 0 Å². The van der Waals surface area contributed by atoms with Crippen molar-refractivity contribution < 1.29 is 4.42 Å². The number of benzene rings is 1. The van der Waals surface area contributed by atoms with Crippen molar-refractivity contribution in [3.63, 3.8) is 0 Å². The number of hydrogen-bond acceptors (Lipinski definition) is 3. The van der Waals surface area contributed by atoms with Crippen molar-refractivity contribution in [2.75, 3.05) is 5.32 Å². The maximum absolute atomic E-state index is 5.13. The fourth-order valence-electron chi connectivity index (χ4n) is 1.01. The predicted molar refractivity (Wildman–Crippen MR) is 49.8 cm³/mol. The number of aryl methyl sites for hydroxylation is 1. The van der Waals surface area contributed by atoms with Crippen LogP contribution in [0.3, 0.4) is 0 Å². The average molecular weight is 173 g/mol. The third kappa shape index (κ3) is 1.87. The van der Waals surface area contributed by atoms with E-state index in [4.69, 9.17) is 4.42 Å². The summed E-state index contributed by atoms with van der Waals surface area (Å²) in [6.07, 6.45) is 1.61. The molecule has 3 heteroatoms. The molecular weight excluding hydrogens is 164 g/mol. The quantitative estimate of drug-likeness (QED) is 0.758. The summed E-state index contributed by atoms with van der Waals surface area (Å²) < 4.78 is 5.13. The highest BCUT2D eigenvalue weighted by Gasteiger charge is 1.98. The minimum atomic E-state index is 0.511. The third-order valence-electron chi connectivity index (χ3n) is 1.58. The molecule has 13 heavy (non-hydrogen) atoms. The molecule has 0 atom stereocenters. The topological polar surface area (TPSA) is 38.1 Å². The maximum Gasteiger partial charge on any atom is 0.299 e. The highest BCUT2D eigenvalue weighted by atomic mass is 16.4. The molecule has 3 nitrogen and oxygen atoms in total. The Morgan fingerprint density at radius 2 is 2.46 bits per heavy atom. The van der Waals surface area contributed by atoms with Gasteiger partial charge in [0.2, 0.25) is 0 Å². The van der Waals surface area contributed by atoms with Crippen molar-refractivity contribution in [2.24, 2.45) is 0 Å². The van der Waals surface area contributed by atoms with Crippen LogP contribution in [0.1, 0.15) is 5.69 Å². The monoisotopic (exact) mass is 173 g/mol. The van der Waals surface area contributed by atoms with E-state index in [-0.39, 0.29) is 0 Å². The second-order valence-electron chi connectivity index (χ2n) is 2.71. The lowest BCUT2D eigenvalue weighted by molar-refractivity contribution is 0.577. The van der Waals surface area contributed by atoms with Crippen LogP contribution in [-0.4, -0.2) is 4.98 Å². The zero-order chi connectivity index (χ0) is 9.10. The van der Waals surface area contributed by atoms with E-state index in [0.29, 0.717) is 6.01 Å². The van der Waals surface area contributed by atoms with Gasteiger partial charge in [-0.2, -0.15) is 4.98 Å². The lowest BCUT2D eigenvalue weighted by Gasteiger charge is -1.98. The molecule has 1 N–H and O–H groups in total. The van der Waals surface area contributed by atoms with Crippen LogP contribution < -0.4 is 5.32 Å². The molecule has 0 aliphatic rings. The molecule has 2 rings (SSSR count). The van der Waals surface area contributed by atoms with E-state index in [2.05, 4.69) is 16.4 Å². The van der Waals surface area contributed by atoms with E-state index in [1.165, 1.54) is 0 Å². The number of aromatic nitrogens is 1. The fourth-order valence-corrected chi connectivity index (χ4v) is 1.01. The van der Waals surface area contributed by atoms with E-state index in [1.807, 2.05) is 31.2 Å². The Balaban J connectivity index is 2.15. The van der Waals surface area contributed by atoms with Gasteiger partial charge < -0.3 is 9.73 Å². The van der Waals surface area contributed by atoms with Crippen LogP contribution in [0, 0.1) is 13.0 Å². The maximum atomic E-state index is 5.13. The second kappa shape index (κ2) is 3.31. The first-order chi connectivity index (χ1) is 6.34. The minimum Gasteiger partial charge on any atom is -0.432 e. The van der Waals surface area contributed by atoms with Gasteiger partial charge in [-0.1, -0.05) is 12.1 Å². The van der Waals surface area contributed by atoms with Gasteiger partial charge in [-0.05, 0) is 25.1 Å². The molecule has 0 saturated carbocycles. The van der Waals surface area contributed by atoms with Crippen LogP contribution in [-0.2, 0) is 0 Å². The summed E-state index contributed by atoms with van der Waals surface area (Å²) >= 11 is 0. The molecule has 1 radical (unpaired) electrons. The lowest BCUT2D eigenvalue weighted by Crippen LogP contribution is -1.89. The average Bonchev–Trinajstić information content (AvgIpc) is 2.53. The number of oxazole rings is 1. The molecule has 0 amide bonds. The van der Waals surface area contributed by atoms with E-state index >= 15 is 0 Å². The van der Waals surface area contributed by atoms with E-state index in [1.54, 1.807) is 6.26 Å². The van der Waals surface area contributed by atoms with Gasteiger partial charge >= 0.3 is 0 Å². The SMILES string of the molecule is Cc1coc(Nc2c[c]ccc2)n1. The molecule has 0 saturated heterocycles. The predicted octanol–water partition coefficient (Wildman–Crippen LogP) is 2.53. The summed E-state index contributed by atoms with van der Waals surface area (Å²) in [7, 11) is 0. The summed E-state index contributed by atoms with van der Waals surface area (Å²) in [6.45, 7) is 1.88. The summed E-state index contributed by atoms with van der Waals surface area (Å²) in [6, 6.07) is 11.0. The Kier molecular flexibility index (Phi) is 2.00. The molecule has 0 fully saturated rings. The number of nitrogens with zero attached hydrogens (tertiary/aromatic N) is 1. The largest absolute Gasteiger partial charge is 0.432 e. The van der Waals surface area contributed by atoms with Crippen molar-refractivity contribution in [3.8, 4) is 0 Å². The van der Waals surface area contributed by atoms with Crippen molar-refractivity contribution in [2.45, 2.75) is 6.92 Å². The van der Waals surface area contributed by atoms with Crippen LogP contribution in [0.2, 0.25) is 0 Å². The molecule has 0 aliphatic carbocycles. The second-order valence-corrected chi connectivity index (χ2v) is 2.71. The van der Waals surface area contributed by atoms with Gasteiger partial charge in [0.05, 0.1) is 5.69 Å². The molecule has 0 bridgehead atoms. The standard InChI is InChI=1S/C10H9N2O/c1-8-7-13-10(11-8)12-9-5-3-2-4-6-9/h2-3,5-7H,1H3,(H,11,12). The van der Waals surface area contributed by atoms with E-state index < -0.39 is 0 Å². The minimum absolute atomic E-state index is 0.511. The third-order valence-corrected chi connectivity index (χ3v) is 1.58. The molecule has 0 unspecified atom stereocenters. The van der Waals surface area contributed by atoms with Gasteiger partial charge in [0.15, 0.2) is 0 Å². The summed E-state index contributed by atoms with van der Waals surface area (Å²) in [5.74, 6) is 0. The number of rotatable bonds is 2. The molecule has 2 aromatic rings. The van der Waals surface area contributed by atoms with E-state index in [9.17, 15) is 0 Å². The van der Waals surface area contributed by atoms with Gasteiger partial charge in [-0.25, -0.2) is 0 Å². The lowest BCUT2D eigenvalue weighted by atomic mass is 10.3.